The van der Waals surface area contributed by atoms with Crippen molar-refractivity contribution in [2.75, 3.05) is 19.0 Å². The van der Waals surface area contributed by atoms with Crippen molar-refractivity contribution in [3.05, 3.63) is 24.3 Å². The van der Waals surface area contributed by atoms with Gasteiger partial charge in [0.25, 0.3) is 0 Å². The number of nitrogens with one attached hydrogen (secondary N) is 1. The first-order chi connectivity index (χ1) is 8.75. The molecule has 0 spiro atoms. The quantitative estimate of drug-likeness (QED) is 0.842. The van der Waals surface area contributed by atoms with E-state index < -0.39 is 0 Å². The van der Waals surface area contributed by atoms with E-state index in [-0.39, 0.29) is 5.54 Å². The van der Waals surface area contributed by atoms with Gasteiger partial charge in [-0.15, -0.1) is 0 Å². The van der Waals surface area contributed by atoms with Gasteiger partial charge < -0.3 is 15.8 Å². The van der Waals surface area contributed by atoms with Crippen LogP contribution in [0.4, 0.5) is 5.69 Å². The molecule has 1 aliphatic rings. The van der Waals surface area contributed by atoms with Crippen molar-refractivity contribution in [3.63, 3.8) is 0 Å². The number of ether oxygens (including phenoxy) is 1. The Kier molecular flexibility index (Phi) is 4.12. The molecule has 1 fully saturated rings. The second kappa shape index (κ2) is 5.61. The van der Waals surface area contributed by atoms with Crippen LogP contribution in [0.1, 0.15) is 32.6 Å². The van der Waals surface area contributed by atoms with Gasteiger partial charge in [0.1, 0.15) is 5.75 Å². The van der Waals surface area contributed by atoms with Crippen molar-refractivity contribution in [1.82, 2.24) is 0 Å². The van der Waals surface area contributed by atoms with E-state index in [1.165, 1.54) is 19.3 Å². The first-order valence-corrected chi connectivity index (χ1v) is 6.87. The lowest BCUT2D eigenvalue weighted by Crippen LogP contribution is -2.48. The van der Waals surface area contributed by atoms with Crippen LogP contribution < -0.4 is 15.8 Å². The molecule has 0 saturated heterocycles. The molecule has 1 aromatic carbocycles. The van der Waals surface area contributed by atoms with Crippen LogP contribution in [0.15, 0.2) is 24.3 Å². The maximum absolute atomic E-state index is 6.07. The predicted octanol–water partition coefficient (Wildman–Crippen LogP) is 3.01. The number of rotatable bonds is 5. The van der Waals surface area contributed by atoms with Crippen molar-refractivity contribution in [3.8, 4) is 5.75 Å². The van der Waals surface area contributed by atoms with Gasteiger partial charge in [-0.1, -0.05) is 31.9 Å². The molecule has 0 radical (unpaired) electrons. The van der Waals surface area contributed by atoms with Gasteiger partial charge in [0.2, 0.25) is 0 Å². The summed E-state index contributed by atoms with van der Waals surface area (Å²) in [5.41, 5.74) is 7.18. The number of para-hydroxylation sites is 2. The van der Waals surface area contributed by atoms with E-state index in [1.54, 1.807) is 7.11 Å². The highest BCUT2D eigenvalue weighted by atomic mass is 16.5. The Morgan fingerprint density at radius 3 is 2.89 bits per heavy atom. The number of nitrogens with two attached hydrogens (primary N) is 1. The molecule has 1 aromatic rings. The zero-order chi connectivity index (χ0) is 13.0. The average molecular weight is 248 g/mol. The summed E-state index contributed by atoms with van der Waals surface area (Å²) in [6.45, 7) is 2.94. The summed E-state index contributed by atoms with van der Waals surface area (Å²) < 4.78 is 5.41. The Hall–Kier alpha value is -1.22. The summed E-state index contributed by atoms with van der Waals surface area (Å²) >= 11 is 0. The third-order valence-corrected chi connectivity index (χ3v) is 4.30. The van der Waals surface area contributed by atoms with Gasteiger partial charge in [0.05, 0.1) is 18.3 Å². The van der Waals surface area contributed by atoms with Crippen LogP contribution in [-0.4, -0.2) is 19.2 Å². The number of benzene rings is 1. The zero-order valence-electron chi connectivity index (χ0n) is 11.4. The molecule has 2 rings (SSSR count). The summed E-state index contributed by atoms with van der Waals surface area (Å²) in [5.74, 6) is 1.56. The molecule has 18 heavy (non-hydrogen) atoms. The van der Waals surface area contributed by atoms with E-state index in [0.29, 0.717) is 12.5 Å². The summed E-state index contributed by atoms with van der Waals surface area (Å²) in [7, 11) is 1.71. The highest BCUT2D eigenvalue weighted by Crippen LogP contribution is 2.41. The minimum Gasteiger partial charge on any atom is -0.495 e. The van der Waals surface area contributed by atoms with Crippen LogP contribution in [0.5, 0.6) is 5.75 Å². The van der Waals surface area contributed by atoms with Crippen LogP contribution >= 0.6 is 0 Å². The molecule has 0 amide bonds. The van der Waals surface area contributed by atoms with Gasteiger partial charge in [-0.2, -0.15) is 0 Å². The molecule has 2 atom stereocenters. The zero-order valence-corrected chi connectivity index (χ0v) is 11.4. The van der Waals surface area contributed by atoms with E-state index in [2.05, 4.69) is 18.3 Å². The lowest BCUT2D eigenvalue weighted by molar-refractivity contribution is 0.343. The lowest BCUT2D eigenvalue weighted by atomic mass is 9.84. The van der Waals surface area contributed by atoms with E-state index in [1.807, 2.05) is 18.2 Å². The maximum atomic E-state index is 6.07. The van der Waals surface area contributed by atoms with Crippen LogP contribution in [0.25, 0.3) is 0 Å². The molecule has 0 aromatic heterocycles. The second-order valence-electron chi connectivity index (χ2n) is 5.18. The summed E-state index contributed by atoms with van der Waals surface area (Å²) in [6, 6.07) is 8.08. The highest BCUT2D eigenvalue weighted by molar-refractivity contribution is 5.58. The first-order valence-electron chi connectivity index (χ1n) is 6.87. The van der Waals surface area contributed by atoms with Crippen LogP contribution in [0, 0.1) is 5.92 Å². The van der Waals surface area contributed by atoms with Crippen LogP contribution in [-0.2, 0) is 0 Å². The molecular weight excluding hydrogens is 224 g/mol. The molecule has 1 saturated carbocycles. The smallest absolute Gasteiger partial charge is 0.141 e. The standard InChI is InChI=1S/C15H24N2O/c1-3-12-7-6-10-15(12,11-16)17-13-8-4-5-9-14(13)18-2/h4-5,8-9,12,17H,3,6-7,10-11,16H2,1-2H3. The van der Waals surface area contributed by atoms with E-state index >= 15 is 0 Å². The fourth-order valence-electron chi connectivity index (χ4n) is 3.24. The van der Waals surface area contributed by atoms with Crippen molar-refractivity contribution < 1.29 is 4.74 Å². The number of hydrogen-bond donors (Lipinski definition) is 2. The topological polar surface area (TPSA) is 47.3 Å². The fourth-order valence-corrected chi connectivity index (χ4v) is 3.24. The molecule has 0 bridgehead atoms. The van der Waals surface area contributed by atoms with Crippen LogP contribution in [0.3, 0.4) is 0 Å². The van der Waals surface area contributed by atoms with E-state index in [9.17, 15) is 0 Å². The Labute approximate surface area is 110 Å². The Morgan fingerprint density at radius 2 is 2.22 bits per heavy atom. The third-order valence-electron chi connectivity index (χ3n) is 4.30. The molecule has 0 heterocycles. The number of methoxy groups -OCH3 is 1. The minimum absolute atomic E-state index is 0.0450. The largest absolute Gasteiger partial charge is 0.495 e. The number of hydrogen-bond acceptors (Lipinski definition) is 3. The molecule has 3 heteroatoms. The maximum Gasteiger partial charge on any atom is 0.141 e. The molecule has 100 valence electrons. The second-order valence-corrected chi connectivity index (χ2v) is 5.18. The van der Waals surface area contributed by atoms with Crippen molar-refractivity contribution in [2.24, 2.45) is 11.7 Å². The SMILES string of the molecule is CCC1CCCC1(CN)Nc1ccccc1OC. The lowest BCUT2D eigenvalue weighted by Gasteiger charge is -2.36. The molecule has 3 N–H and O–H groups in total. The summed E-state index contributed by atoms with van der Waals surface area (Å²) in [5, 5.41) is 3.67. The summed E-state index contributed by atoms with van der Waals surface area (Å²) in [6.07, 6.45) is 4.87. The van der Waals surface area contributed by atoms with Gasteiger partial charge in [-0.3, -0.25) is 0 Å². The summed E-state index contributed by atoms with van der Waals surface area (Å²) in [4.78, 5) is 0. The predicted molar refractivity (Wildman–Crippen MR) is 76.0 cm³/mol. The van der Waals surface area contributed by atoms with E-state index in [4.69, 9.17) is 10.5 Å². The van der Waals surface area contributed by atoms with Crippen molar-refractivity contribution in [1.29, 1.82) is 0 Å². The van der Waals surface area contributed by atoms with Crippen molar-refractivity contribution in [2.45, 2.75) is 38.1 Å². The molecule has 1 aliphatic carbocycles. The molecule has 3 nitrogen and oxygen atoms in total. The van der Waals surface area contributed by atoms with Gasteiger partial charge >= 0.3 is 0 Å². The van der Waals surface area contributed by atoms with Crippen LogP contribution in [0.2, 0.25) is 0 Å². The third kappa shape index (κ3) is 2.32. The van der Waals surface area contributed by atoms with E-state index in [0.717, 1.165) is 17.9 Å². The Morgan fingerprint density at radius 1 is 1.44 bits per heavy atom. The molecule has 0 aliphatic heterocycles. The number of anilines is 1. The highest BCUT2D eigenvalue weighted by Gasteiger charge is 2.40. The molecule has 2 unspecified atom stereocenters. The van der Waals surface area contributed by atoms with Gasteiger partial charge in [0, 0.05) is 6.54 Å². The van der Waals surface area contributed by atoms with Gasteiger partial charge in [-0.05, 0) is 30.9 Å². The first kappa shape index (κ1) is 13.2. The van der Waals surface area contributed by atoms with Gasteiger partial charge in [0.15, 0.2) is 0 Å². The average Bonchev–Trinajstić information content (AvgIpc) is 2.82. The monoisotopic (exact) mass is 248 g/mol. The van der Waals surface area contributed by atoms with Gasteiger partial charge in [-0.25, -0.2) is 0 Å². The Bertz CT molecular complexity index is 394. The Balaban J connectivity index is 2.24. The fraction of sp³-hybridized carbons (Fsp3) is 0.600. The normalized spacial score (nSPS) is 27.2. The molecular formula is C15H24N2O. The van der Waals surface area contributed by atoms with Crippen molar-refractivity contribution >= 4 is 5.69 Å². The minimum atomic E-state index is 0.0450.